The first-order chi connectivity index (χ1) is 15.7. The molecule has 5 N–H and O–H groups in total. The Labute approximate surface area is 185 Å². The van der Waals surface area contributed by atoms with Gasteiger partial charge in [0.25, 0.3) is 5.56 Å². The van der Waals surface area contributed by atoms with Crippen LogP contribution in [0.4, 0.5) is 14.9 Å². The second-order valence-corrected chi connectivity index (χ2v) is 8.02. The third kappa shape index (κ3) is 2.89. The highest BCUT2D eigenvalue weighted by Crippen LogP contribution is 2.40. The number of nitrogens with zero attached hydrogens (tertiary/aromatic N) is 2. The molecule has 1 atom stereocenters. The Morgan fingerprint density at radius 3 is 2.79 bits per heavy atom. The van der Waals surface area contributed by atoms with Crippen molar-refractivity contribution in [2.75, 3.05) is 5.73 Å². The zero-order valence-electron chi connectivity index (χ0n) is 17.5. The Bertz CT molecular complexity index is 1450. The van der Waals surface area contributed by atoms with Crippen LogP contribution < -0.4 is 17.0 Å². The van der Waals surface area contributed by atoms with Gasteiger partial charge >= 0.3 is 12.1 Å². The number of hydrogen-bond donors (Lipinski definition) is 3. The molecule has 2 aliphatic rings. The number of halogens is 1. The molecule has 1 amide bonds. The van der Waals surface area contributed by atoms with Crippen LogP contribution in [0.3, 0.4) is 0 Å². The lowest BCUT2D eigenvalue weighted by Gasteiger charge is -2.31. The number of nitrogens with two attached hydrogens (primary N) is 2. The Hall–Kier alpha value is -3.99. The lowest BCUT2D eigenvalue weighted by molar-refractivity contribution is -0.172. The minimum absolute atomic E-state index is 0.00191. The number of primary amides is 1. The predicted molar refractivity (Wildman–Crippen MR) is 113 cm³/mol. The number of anilines is 1. The van der Waals surface area contributed by atoms with Gasteiger partial charge in [0.2, 0.25) is 0 Å². The fourth-order valence-electron chi connectivity index (χ4n) is 4.51. The number of ether oxygens (including phenoxy) is 2. The van der Waals surface area contributed by atoms with Gasteiger partial charge in [-0.05, 0) is 18.6 Å². The Morgan fingerprint density at radius 1 is 1.33 bits per heavy atom. The van der Waals surface area contributed by atoms with Crippen LogP contribution in [0, 0.1) is 5.82 Å². The topological polar surface area (TPSA) is 160 Å². The number of aliphatic hydroxyl groups is 1. The van der Waals surface area contributed by atoms with Crippen LogP contribution in [-0.4, -0.2) is 26.7 Å². The molecule has 0 saturated carbocycles. The molecule has 10 nitrogen and oxygen atoms in total. The molecule has 5 rings (SSSR count). The van der Waals surface area contributed by atoms with Crippen LogP contribution in [0.5, 0.6) is 0 Å². The molecule has 0 bridgehead atoms. The molecule has 4 heterocycles. The first-order valence-electron chi connectivity index (χ1n) is 10.2. The van der Waals surface area contributed by atoms with Gasteiger partial charge in [0.05, 0.1) is 34.7 Å². The summed E-state index contributed by atoms with van der Waals surface area (Å²) >= 11 is 0. The maximum absolute atomic E-state index is 14.2. The van der Waals surface area contributed by atoms with Crippen LogP contribution in [0.2, 0.25) is 0 Å². The molecule has 170 valence electrons. The Balaban J connectivity index is 1.81. The molecule has 1 aromatic carbocycles. The summed E-state index contributed by atoms with van der Waals surface area (Å²) in [5.74, 6) is -1.51. The van der Waals surface area contributed by atoms with E-state index in [4.69, 9.17) is 20.9 Å². The number of amides is 1. The fraction of sp³-hybridized carbons (Fsp3) is 0.273. The highest BCUT2D eigenvalue weighted by molar-refractivity contribution is 5.91. The van der Waals surface area contributed by atoms with Gasteiger partial charge in [0, 0.05) is 28.1 Å². The summed E-state index contributed by atoms with van der Waals surface area (Å²) in [4.78, 5) is 41.4. The molecule has 0 fully saturated rings. The Kier molecular flexibility index (Phi) is 4.43. The molecule has 33 heavy (non-hydrogen) atoms. The minimum Gasteiger partial charge on any atom is -0.458 e. The van der Waals surface area contributed by atoms with E-state index >= 15 is 0 Å². The smallest absolute Gasteiger partial charge is 0.404 e. The number of hydrogen-bond acceptors (Lipinski definition) is 8. The summed E-state index contributed by atoms with van der Waals surface area (Å²) in [6.45, 7) is 1.17. The van der Waals surface area contributed by atoms with Crippen LogP contribution in [0.1, 0.15) is 35.6 Å². The number of esters is 1. The van der Waals surface area contributed by atoms with E-state index in [0.717, 1.165) is 6.07 Å². The lowest BCUT2D eigenvalue weighted by Crippen LogP contribution is -2.44. The van der Waals surface area contributed by atoms with Crippen molar-refractivity contribution in [1.82, 2.24) is 9.55 Å². The summed E-state index contributed by atoms with van der Waals surface area (Å²) < 4.78 is 25.7. The van der Waals surface area contributed by atoms with Gasteiger partial charge in [0.1, 0.15) is 19.0 Å². The van der Waals surface area contributed by atoms with Crippen LogP contribution in [0.25, 0.3) is 22.3 Å². The van der Waals surface area contributed by atoms with Gasteiger partial charge in [-0.25, -0.2) is 19.0 Å². The molecule has 3 aromatic rings. The number of rotatable bonds is 3. The number of fused-ring (bicyclic) bond motifs is 5. The summed E-state index contributed by atoms with van der Waals surface area (Å²) in [6.07, 6.45) is -1.00. The van der Waals surface area contributed by atoms with E-state index in [-0.39, 0.29) is 48.5 Å². The number of carbonyl (C=O) groups excluding carboxylic acids is 2. The van der Waals surface area contributed by atoms with Gasteiger partial charge in [-0.2, -0.15) is 0 Å². The molecular formula is C22H19FN4O6. The van der Waals surface area contributed by atoms with E-state index in [0.29, 0.717) is 27.9 Å². The van der Waals surface area contributed by atoms with Crippen molar-refractivity contribution in [3.63, 3.8) is 0 Å². The highest BCUT2D eigenvalue weighted by atomic mass is 19.1. The van der Waals surface area contributed by atoms with Crippen molar-refractivity contribution in [2.45, 2.75) is 38.7 Å². The van der Waals surface area contributed by atoms with E-state index in [2.05, 4.69) is 4.98 Å². The number of cyclic esters (lactones) is 1. The third-order valence-corrected chi connectivity index (χ3v) is 6.28. The second kappa shape index (κ2) is 7.01. The standard InChI is InChI=1S/C22H19FN4O6/c1-2-22(31)13-4-17-18-10(6-27(17)19(28)12(13)8-32-20(22)29)11(7-33-21(25)30)9-3-15(24)14(23)5-16(9)26-18/h3-5,31H,2,6-8,24H2,1H3,(H2,25,30)/t22-/m0/s1. The minimum atomic E-state index is -1.97. The van der Waals surface area contributed by atoms with Crippen molar-refractivity contribution < 1.29 is 28.6 Å². The van der Waals surface area contributed by atoms with Gasteiger partial charge in [-0.3, -0.25) is 4.79 Å². The molecule has 0 radical (unpaired) electrons. The zero-order chi connectivity index (χ0) is 23.7. The van der Waals surface area contributed by atoms with Crippen molar-refractivity contribution in [1.29, 1.82) is 0 Å². The Morgan fingerprint density at radius 2 is 2.09 bits per heavy atom. The maximum Gasteiger partial charge on any atom is 0.404 e. The van der Waals surface area contributed by atoms with Gasteiger partial charge in [-0.15, -0.1) is 0 Å². The average Bonchev–Trinajstić information content (AvgIpc) is 3.14. The predicted octanol–water partition coefficient (Wildman–Crippen LogP) is 1.40. The van der Waals surface area contributed by atoms with Gasteiger partial charge in [0.15, 0.2) is 5.60 Å². The summed E-state index contributed by atoms with van der Waals surface area (Å²) in [7, 11) is 0. The highest BCUT2D eigenvalue weighted by Gasteiger charge is 2.45. The largest absolute Gasteiger partial charge is 0.458 e. The molecule has 0 unspecified atom stereocenters. The quantitative estimate of drug-likeness (QED) is 0.309. The van der Waals surface area contributed by atoms with E-state index in [1.165, 1.54) is 16.7 Å². The fourth-order valence-corrected chi connectivity index (χ4v) is 4.51. The second-order valence-electron chi connectivity index (χ2n) is 8.02. The van der Waals surface area contributed by atoms with Gasteiger partial charge < -0.3 is 30.6 Å². The van der Waals surface area contributed by atoms with Crippen molar-refractivity contribution in [2.24, 2.45) is 5.73 Å². The summed E-state index contributed by atoms with van der Waals surface area (Å²) in [6, 6.07) is 4.08. The molecular weight excluding hydrogens is 435 g/mol. The van der Waals surface area contributed by atoms with E-state index in [1.54, 1.807) is 6.92 Å². The van der Waals surface area contributed by atoms with E-state index in [1.807, 2.05) is 0 Å². The number of aromatic nitrogens is 2. The van der Waals surface area contributed by atoms with Crippen LogP contribution >= 0.6 is 0 Å². The molecule has 0 aliphatic carbocycles. The first kappa shape index (κ1) is 20.9. The normalized spacial score (nSPS) is 18.5. The van der Waals surface area contributed by atoms with Crippen LogP contribution in [0.15, 0.2) is 23.0 Å². The number of carbonyl (C=O) groups is 2. The van der Waals surface area contributed by atoms with Crippen molar-refractivity contribution in [3.8, 4) is 11.4 Å². The maximum atomic E-state index is 14.2. The molecule has 0 saturated heterocycles. The number of benzene rings is 1. The van der Waals surface area contributed by atoms with Crippen LogP contribution in [-0.2, 0) is 39.6 Å². The number of nitrogen functional groups attached to an aromatic ring is 1. The first-order valence-corrected chi connectivity index (χ1v) is 10.2. The average molecular weight is 454 g/mol. The lowest BCUT2D eigenvalue weighted by atomic mass is 9.86. The molecule has 0 spiro atoms. The zero-order valence-corrected chi connectivity index (χ0v) is 17.5. The molecule has 11 heteroatoms. The van der Waals surface area contributed by atoms with Crippen molar-refractivity contribution >= 4 is 28.7 Å². The molecule has 2 aromatic heterocycles. The summed E-state index contributed by atoms with van der Waals surface area (Å²) in [5, 5.41) is 11.4. The monoisotopic (exact) mass is 454 g/mol. The van der Waals surface area contributed by atoms with E-state index in [9.17, 15) is 23.9 Å². The number of pyridine rings is 2. The SMILES string of the molecule is CC[C@@]1(O)C(=O)OCc2c1cc1n(c2=O)Cc2c-1nc1cc(F)c(N)cc1c2COC(N)=O. The summed E-state index contributed by atoms with van der Waals surface area (Å²) in [5.41, 5.74) is 10.6. The van der Waals surface area contributed by atoms with Crippen molar-refractivity contribution in [3.05, 3.63) is 56.6 Å². The third-order valence-electron chi connectivity index (χ3n) is 6.28. The van der Waals surface area contributed by atoms with Gasteiger partial charge in [-0.1, -0.05) is 6.92 Å². The van der Waals surface area contributed by atoms with E-state index < -0.39 is 29.0 Å². The molecule has 2 aliphatic heterocycles.